The quantitative estimate of drug-likeness (QED) is 0.736. The van der Waals surface area contributed by atoms with Crippen molar-refractivity contribution in [3.05, 3.63) is 30.2 Å². The van der Waals surface area contributed by atoms with Crippen LogP contribution in [0.25, 0.3) is 20.5 Å². The average molecular weight is 273 g/mol. The number of carbonyl (C=O) groups excluding carboxylic acids is 1. The van der Waals surface area contributed by atoms with Crippen molar-refractivity contribution in [3.8, 4) is 10.4 Å². The van der Waals surface area contributed by atoms with Gasteiger partial charge in [0.15, 0.2) is 0 Å². The predicted molar refractivity (Wildman–Crippen MR) is 74.8 cm³/mol. The van der Waals surface area contributed by atoms with Gasteiger partial charge >= 0.3 is 0 Å². The van der Waals surface area contributed by atoms with Crippen LogP contribution in [-0.2, 0) is 7.05 Å². The molecule has 0 aromatic carbocycles. The number of hydrogen-bond acceptors (Lipinski definition) is 5. The minimum Gasteiger partial charge on any atom is -0.383 e. The SMILES string of the molecule is Cn1cc(-c2cc3c(N)ncc(C(N)=O)c3s2)cn1. The molecule has 0 saturated carbocycles. The normalized spacial score (nSPS) is 11.0. The van der Waals surface area contributed by atoms with Crippen LogP contribution in [0.1, 0.15) is 10.4 Å². The number of fused-ring (bicyclic) bond motifs is 1. The summed E-state index contributed by atoms with van der Waals surface area (Å²) in [5.41, 5.74) is 12.6. The smallest absolute Gasteiger partial charge is 0.251 e. The van der Waals surface area contributed by atoms with Crippen LogP contribution in [0.3, 0.4) is 0 Å². The zero-order chi connectivity index (χ0) is 13.6. The van der Waals surface area contributed by atoms with Gasteiger partial charge in [-0.1, -0.05) is 0 Å². The minimum atomic E-state index is -0.503. The summed E-state index contributed by atoms with van der Waals surface area (Å²) in [5.74, 6) is -0.108. The van der Waals surface area contributed by atoms with Gasteiger partial charge in [-0.15, -0.1) is 11.3 Å². The van der Waals surface area contributed by atoms with Crippen molar-refractivity contribution >= 4 is 33.1 Å². The largest absolute Gasteiger partial charge is 0.383 e. The third-order valence-corrected chi connectivity index (χ3v) is 4.06. The molecule has 3 aromatic rings. The molecule has 0 aliphatic rings. The third kappa shape index (κ3) is 1.84. The van der Waals surface area contributed by atoms with E-state index in [1.54, 1.807) is 10.9 Å². The molecule has 0 unspecified atom stereocenters. The number of nitrogens with zero attached hydrogens (tertiary/aromatic N) is 3. The molecule has 1 amide bonds. The highest BCUT2D eigenvalue weighted by atomic mass is 32.1. The average Bonchev–Trinajstić information content (AvgIpc) is 2.95. The van der Waals surface area contributed by atoms with Crippen molar-refractivity contribution in [2.75, 3.05) is 5.73 Å². The van der Waals surface area contributed by atoms with Crippen molar-refractivity contribution < 1.29 is 4.79 Å². The number of amides is 1. The van der Waals surface area contributed by atoms with Crippen molar-refractivity contribution in [3.63, 3.8) is 0 Å². The highest BCUT2D eigenvalue weighted by molar-refractivity contribution is 7.22. The molecule has 0 saturated heterocycles. The molecule has 7 heteroatoms. The lowest BCUT2D eigenvalue weighted by Crippen LogP contribution is -2.11. The van der Waals surface area contributed by atoms with Gasteiger partial charge in [0.05, 0.1) is 16.5 Å². The number of hydrogen-bond donors (Lipinski definition) is 2. The maximum Gasteiger partial charge on any atom is 0.251 e. The number of nitrogen functional groups attached to an aromatic ring is 1. The standard InChI is InChI=1S/C12H11N5OS/c1-17-5-6(3-16-17)9-2-7-10(19-9)8(12(14)18)4-15-11(7)13/h2-5H,1H3,(H2,13,15)(H2,14,18). The zero-order valence-electron chi connectivity index (χ0n) is 10.1. The number of nitrogens with two attached hydrogens (primary N) is 2. The molecule has 0 aliphatic carbocycles. The Bertz CT molecular complexity index is 789. The van der Waals surface area contributed by atoms with Crippen LogP contribution in [-0.4, -0.2) is 20.7 Å². The molecular formula is C12H11N5OS. The van der Waals surface area contributed by atoms with Crippen molar-refractivity contribution in [1.29, 1.82) is 0 Å². The fourth-order valence-electron chi connectivity index (χ4n) is 1.91. The number of carbonyl (C=O) groups is 1. The highest BCUT2D eigenvalue weighted by Crippen LogP contribution is 2.36. The number of thiophene rings is 1. The summed E-state index contributed by atoms with van der Waals surface area (Å²) >= 11 is 1.46. The van der Waals surface area contributed by atoms with Crippen molar-refractivity contribution in [2.24, 2.45) is 12.8 Å². The van der Waals surface area contributed by atoms with Crippen LogP contribution in [0.15, 0.2) is 24.7 Å². The molecule has 6 nitrogen and oxygen atoms in total. The van der Waals surface area contributed by atoms with Crippen molar-refractivity contribution in [1.82, 2.24) is 14.8 Å². The molecule has 0 aliphatic heterocycles. The van der Waals surface area contributed by atoms with Crippen LogP contribution in [0.5, 0.6) is 0 Å². The molecule has 3 aromatic heterocycles. The Kier molecular flexibility index (Phi) is 2.49. The van der Waals surface area contributed by atoms with Crippen LogP contribution in [0.4, 0.5) is 5.82 Å². The van der Waals surface area contributed by atoms with E-state index >= 15 is 0 Å². The first-order valence-electron chi connectivity index (χ1n) is 5.53. The Hall–Kier alpha value is -2.41. The van der Waals surface area contributed by atoms with Crippen molar-refractivity contribution in [2.45, 2.75) is 0 Å². The molecule has 0 radical (unpaired) electrons. The van der Waals surface area contributed by atoms with Gasteiger partial charge in [0.25, 0.3) is 5.91 Å². The predicted octanol–water partition coefficient (Wildman–Crippen LogP) is 1.38. The van der Waals surface area contributed by atoms with Gasteiger partial charge in [-0.3, -0.25) is 9.48 Å². The van der Waals surface area contributed by atoms with Gasteiger partial charge in [0, 0.05) is 35.3 Å². The molecule has 0 atom stereocenters. The molecule has 3 heterocycles. The first kappa shape index (κ1) is 11.7. The Morgan fingerprint density at radius 2 is 2.21 bits per heavy atom. The lowest BCUT2D eigenvalue weighted by Gasteiger charge is -1.99. The monoisotopic (exact) mass is 273 g/mol. The third-order valence-electron chi connectivity index (χ3n) is 2.84. The zero-order valence-corrected chi connectivity index (χ0v) is 10.9. The van der Waals surface area contributed by atoms with Crippen LogP contribution >= 0.6 is 11.3 Å². The Balaban J connectivity index is 2.28. The number of rotatable bonds is 2. The van der Waals surface area contributed by atoms with E-state index < -0.39 is 5.91 Å². The van der Waals surface area contributed by atoms with E-state index in [9.17, 15) is 4.79 Å². The molecule has 4 N–H and O–H groups in total. The summed E-state index contributed by atoms with van der Waals surface area (Å²) in [7, 11) is 1.85. The van der Waals surface area contributed by atoms with Crippen LogP contribution in [0.2, 0.25) is 0 Å². The van der Waals surface area contributed by atoms with E-state index in [4.69, 9.17) is 11.5 Å². The summed E-state index contributed by atoms with van der Waals surface area (Å²) < 4.78 is 2.48. The van der Waals surface area contributed by atoms with Crippen LogP contribution in [0, 0.1) is 0 Å². The summed E-state index contributed by atoms with van der Waals surface area (Å²) in [6.45, 7) is 0. The van der Waals surface area contributed by atoms with Gasteiger partial charge in [-0.2, -0.15) is 5.10 Å². The van der Waals surface area contributed by atoms with E-state index in [0.29, 0.717) is 11.4 Å². The summed E-state index contributed by atoms with van der Waals surface area (Å²) in [6.07, 6.45) is 5.08. The Morgan fingerprint density at radius 3 is 2.84 bits per heavy atom. The summed E-state index contributed by atoms with van der Waals surface area (Å²) in [5, 5.41) is 4.88. The minimum absolute atomic E-state index is 0.393. The van der Waals surface area contributed by atoms with E-state index in [1.807, 2.05) is 19.3 Å². The van der Waals surface area contributed by atoms with Crippen LogP contribution < -0.4 is 11.5 Å². The molecule has 3 rings (SSSR count). The second-order valence-corrected chi connectivity index (χ2v) is 5.23. The van der Waals surface area contributed by atoms with E-state index in [1.165, 1.54) is 17.5 Å². The molecule has 0 spiro atoms. The number of pyridine rings is 1. The fraction of sp³-hybridized carbons (Fsp3) is 0.0833. The molecule has 0 bridgehead atoms. The molecule has 96 valence electrons. The maximum absolute atomic E-state index is 11.4. The van der Waals surface area contributed by atoms with E-state index in [2.05, 4.69) is 10.1 Å². The second-order valence-electron chi connectivity index (χ2n) is 4.18. The lowest BCUT2D eigenvalue weighted by molar-refractivity contribution is 0.100. The number of anilines is 1. The number of primary amides is 1. The summed E-state index contributed by atoms with van der Waals surface area (Å²) in [4.78, 5) is 16.4. The van der Waals surface area contributed by atoms with Gasteiger partial charge in [-0.05, 0) is 6.07 Å². The first-order chi connectivity index (χ1) is 9.06. The first-order valence-corrected chi connectivity index (χ1v) is 6.35. The Morgan fingerprint density at radius 1 is 1.42 bits per heavy atom. The fourth-order valence-corrected chi connectivity index (χ4v) is 3.07. The second kappa shape index (κ2) is 4.06. The highest BCUT2D eigenvalue weighted by Gasteiger charge is 2.15. The van der Waals surface area contributed by atoms with E-state index in [0.717, 1.165) is 20.5 Å². The van der Waals surface area contributed by atoms with Gasteiger partial charge < -0.3 is 11.5 Å². The number of aryl methyl sites for hydroxylation is 1. The Labute approximate surface area is 112 Å². The van der Waals surface area contributed by atoms with Gasteiger partial charge in [0.2, 0.25) is 0 Å². The van der Waals surface area contributed by atoms with Gasteiger partial charge in [-0.25, -0.2) is 4.98 Å². The molecular weight excluding hydrogens is 262 g/mol. The topological polar surface area (TPSA) is 99.8 Å². The summed E-state index contributed by atoms with van der Waals surface area (Å²) in [6, 6.07) is 1.91. The molecule has 0 fully saturated rings. The lowest BCUT2D eigenvalue weighted by atomic mass is 10.2. The number of aromatic nitrogens is 3. The van der Waals surface area contributed by atoms with E-state index in [-0.39, 0.29) is 0 Å². The maximum atomic E-state index is 11.4. The molecule has 19 heavy (non-hydrogen) atoms. The van der Waals surface area contributed by atoms with Gasteiger partial charge in [0.1, 0.15) is 5.82 Å².